The second-order valence-corrected chi connectivity index (χ2v) is 6.12. The first-order chi connectivity index (χ1) is 9.84. The van der Waals surface area contributed by atoms with Crippen LogP contribution in [0.25, 0.3) is 0 Å². The summed E-state index contributed by atoms with van der Waals surface area (Å²) in [7, 11) is 0. The Hall–Kier alpha value is -1.62. The molecule has 0 radical (unpaired) electrons. The Labute approximate surface area is 125 Å². The highest BCUT2D eigenvalue weighted by Gasteiger charge is 2.15. The van der Waals surface area contributed by atoms with E-state index in [9.17, 15) is 9.18 Å². The molecular weight excluding hydrogens is 271 g/mol. The second kappa shape index (κ2) is 7.98. The number of nitrogens with one attached hydrogen (secondary N) is 2. The number of carbonyl (C=O) groups excluding carboxylic acids is 1. The maximum atomic E-state index is 13.3. The Bertz CT molecular complexity index is 475. The van der Waals surface area contributed by atoms with Crippen molar-refractivity contribution in [1.29, 1.82) is 0 Å². The number of aliphatic hydroxyl groups is 1. The van der Waals surface area contributed by atoms with E-state index in [-0.39, 0.29) is 23.9 Å². The monoisotopic (exact) mass is 296 g/mol. The molecule has 0 spiro atoms. The predicted molar refractivity (Wildman–Crippen MR) is 81.5 cm³/mol. The van der Waals surface area contributed by atoms with Gasteiger partial charge in [0, 0.05) is 19.7 Å². The molecular formula is C16H25FN2O2. The van der Waals surface area contributed by atoms with Crippen LogP contribution in [0.5, 0.6) is 0 Å². The summed E-state index contributed by atoms with van der Waals surface area (Å²) in [6.45, 7) is 6.66. The van der Waals surface area contributed by atoms with Crippen molar-refractivity contribution in [3.63, 3.8) is 0 Å². The number of hydrogen-bond donors (Lipinski definition) is 3. The molecule has 0 bridgehead atoms. The van der Waals surface area contributed by atoms with E-state index in [2.05, 4.69) is 10.6 Å². The van der Waals surface area contributed by atoms with Crippen LogP contribution in [0.4, 0.5) is 9.18 Å². The SMILES string of the molecule is Cc1ccc(CNC(=O)NCCCC(C)(C)CO)cc1F. The van der Waals surface area contributed by atoms with Gasteiger partial charge >= 0.3 is 6.03 Å². The van der Waals surface area contributed by atoms with Gasteiger partial charge in [-0.05, 0) is 42.4 Å². The maximum Gasteiger partial charge on any atom is 0.315 e. The van der Waals surface area contributed by atoms with E-state index in [0.29, 0.717) is 18.7 Å². The second-order valence-electron chi connectivity index (χ2n) is 6.12. The highest BCUT2D eigenvalue weighted by atomic mass is 19.1. The number of aliphatic hydroxyl groups excluding tert-OH is 1. The quantitative estimate of drug-likeness (QED) is 0.678. The lowest BCUT2D eigenvalue weighted by Crippen LogP contribution is -2.36. The molecule has 1 rings (SSSR count). The molecule has 0 fully saturated rings. The molecule has 2 amide bonds. The number of halogens is 1. The minimum atomic E-state index is -0.266. The fraction of sp³-hybridized carbons (Fsp3) is 0.562. The molecule has 1 aromatic rings. The van der Waals surface area contributed by atoms with Gasteiger partial charge in [-0.15, -0.1) is 0 Å². The number of benzene rings is 1. The Morgan fingerprint density at radius 1 is 1.33 bits per heavy atom. The van der Waals surface area contributed by atoms with Crippen molar-refractivity contribution < 1.29 is 14.3 Å². The van der Waals surface area contributed by atoms with E-state index in [0.717, 1.165) is 18.4 Å². The van der Waals surface area contributed by atoms with Crippen LogP contribution >= 0.6 is 0 Å². The molecule has 0 aliphatic carbocycles. The molecule has 4 nitrogen and oxygen atoms in total. The number of hydrogen-bond acceptors (Lipinski definition) is 2. The molecule has 21 heavy (non-hydrogen) atoms. The van der Waals surface area contributed by atoms with Gasteiger partial charge in [0.25, 0.3) is 0 Å². The third kappa shape index (κ3) is 6.58. The first-order valence-electron chi connectivity index (χ1n) is 7.22. The average Bonchev–Trinajstić information content (AvgIpc) is 2.45. The number of rotatable bonds is 7. The number of urea groups is 1. The van der Waals surface area contributed by atoms with Gasteiger partial charge in [-0.1, -0.05) is 26.0 Å². The van der Waals surface area contributed by atoms with E-state index in [1.54, 1.807) is 19.1 Å². The van der Waals surface area contributed by atoms with Gasteiger partial charge in [0.1, 0.15) is 5.82 Å². The summed E-state index contributed by atoms with van der Waals surface area (Å²) in [5.41, 5.74) is 1.21. The average molecular weight is 296 g/mol. The van der Waals surface area contributed by atoms with Crippen LogP contribution in [-0.4, -0.2) is 24.3 Å². The summed E-state index contributed by atoms with van der Waals surface area (Å²) in [5, 5.41) is 14.6. The molecule has 1 aromatic carbocycles. The normalized spacial score (nSPS) is 11.3. The van der Waals surface area contributed by atoms with Gasteiger partial charge in [-0.25, -0.2) is 9.18 Å². The fourth-order valence-electron chi connectivity index (χ4n) is 1.84. The summed E-state index contributed by atoms with van der Waals surface area (Å²) in [5.74, 6) is -0.263. The van der Waals surface area contributed by atoms with Crippen molar-refractivity contribution in [3.8, 4) is 0 Å². The molecule has 0 unspecified atom stereocenters. The smallest absolute Gasteiger partial charge is 0.315 e. The number of amides is 2. The largest absolute Gasteiger partial charge is 0.396 e. The van der Waals surface area contributed by atoms with E-state index < -0.39 is 0 Å². The van der Waals surface area contributed by atoms with Crippen LogP contribution in [0, 0.1) is 18.2 Å². The summed E-state index contributed by atoms with van der Waals surface area (Å²) in [6.07, 6.45) is 1.65. The molecule has 3 N–H and O–H groups in total. The van der Waals surface area contributed by atoms with Gasteiger partial charge < -0.3 is 15.7 Å². The molecule has 0 aliphatic rings. The molecule has 0 saturated heterocycles. The van der Waals surface area contributed by atoms with Gasteiger partial charge in [0.15, 0.2) is 0 Å². The Balaban J connectivity index is 2.24. The zero-order chi connectivity index (χ0) is 15.9. The minimum absolute atomic E-state index is 0.114. The molecule has 5 heteroatoms. The van der Waals surface area contributed by atoms with Crippen LogP contribution in [0.3, 0.4) is 0 Å². The van der Waals surface area contributed by atoms with Crippen LogP contribution in [0.2, 0.25) is 0 Å². The van der Waals surface area contributed by atoms with Crippen LogP contribution in [-0.2, 0) is 6.54 Å². The lowest BCUT2D eigenvalue weighted by Gasteiger charge is -2.21. The summed E-state index contributed by atoms with van der Waals surface area (Å²) >= 11 is 0. The van der Waals surface area contributed by atoms with Crippen molar-refractivity contribution >= 4 is 6.03 Å². The number of aryl methyl sites for hydroxylation is 1. The molecule has 0 heterocycles. The zero-order valence-electron chi connectivity index (χ0n) is 13.0. The fourth-order valence-corrected chi connectivity index (χ4v) is 1.84. The van der Waals surface area contributed by atoms with E-state index in [4.69, 9.17) is 5.11 Å². The standard InChI is InChI=1S/C16H25FN2O2/c1-12-5-6-13(9-14(12)17)10-19-15(21)18-8-4-7-16(2,3)11-20/h5-6,9,20H,4,7-8,10-11H2,1-3H3,(H2,18,19,21). The molecule has 118 valence electrons. The summed E-state index contributed by atoms with van der Waals surface area (Å²) < 4.78 is 13.3. The van der Waals surface area contributed by atoms with Gasteiger partial charge in [-0.3, -0.25) is 0 Å². The number of carbonyl (C=O) groups is 1. The van der Waals surface area contributed by atoms with Crippen molar-refractivity contribution in [2.45, 2.75) is 40.2 Å². The minimum Gasteiger partial charge on any atom is -0.396 e. The van der Waals surface area contributed by atoms with E-state index in [1.165, 1.54) is 6.07 Å². The van der Waals surface area contributed by atoms with E-state index in [1.807, 2.05) is 13.8 Å². The predicted octanol–water partition coefficient (Wildman–Crippen LogP) is 2.73. The molecule has 0 aromatic heterocycles. The first-order valence-corrected chi connectivity index (χ1v) is 7.22. The van der Waals surface area contributed by atoms with Crippen molar-refractivity contribution in [1.82, 2.24) is 10.6 Å². The maximum absolute atomic E-state index is 13.3. The third-order valence-electron chi connectivity index (χ3n) is 3.43. The topological polar surface area (TPSA) is 61.4 Å². The van der Waals surface area contributed by atoms with Crippen molar-refractivity contribution in [2.75, 3.05) is 13.2 Å². The van der Waals surface area contributed by atoms with Crippen molar-refractivity contribution in [3.05, 3.63) is 35.1 Å². The molecule has 0 atom stereocenters. The lowest BCUT2D eigenvalue weighted by atomic mass is 9.89. The summed E-state index contributed by atoms with van der Waals surface area (Å²) in [6, 6.07) is 4.65. The van der Waals surface area contributed by atoms with Gasteiger partial charge in [-0.2, -0.15) is 0 Å². The van der Waals surface area contributed by atoms with Crippen LogP contribution in [0.1, 0.15) is 37.8 Å². The van der Waals surface area contributed by atoms with Gasteiger partial charge in [0.05, 0.1) is 0 Å². The van der Waals surface area contributed by atoms with Crippen LogP contribution < -0.4 is 10.6 Å². The molecule has 0 aliphatic heterocycles. The third-order valence-corrected chi connectivity index (χ3v) is 3.43. The first kappa shape index (κ1) is 17.4. The van der Waals surface area contributed by atoms with Crippen LogP contribution in [0.15, 0.2) is 18.2 Å². The zero-order valence-corrected chi connectivity index (χ0v) is 13.0. The Morgan fingerprint density at radius 3 is 2.67 bits per heavy atom. The lowest BCUT2D eigenvalue weighted by molar-refractivity contribution is 0.148. The highest BCUT2D eigenvalue weighted by molar-refractivity contribution is 5.73. The van der Waals surface area contributed by atoms with E-state index >= 15 is 0 Å². The Kier molecular flexibility index (Phi) is 6.62. The molecule has 0 saturated carbocycles. The Morgan fingerprint density at radius 2 is 2.05 bits per heavy atom. The summed E-state index contributed by atoms with van der Waals surface area (Å²) in [4.78, 5) is 11.6. The highest BCUT2D eigenvalue weighted by Crippen LogP contribution is 2.20. The van der Waals surface area contributed by atoms with Crippen molar-refractivity contribution in [2.24, 2.45) is 5.41 Å². The van der Waals surface area contributed by atoms with Gasteiger partial charge in [0.2, 0.25) is 0 Å².